The third kappa shape index (κ3) is 3.44. The topological polar surface area (TPSA) is 69.8 Å². The Bertz CT molecular complexity index is 780. The van der Waals surface area contributed by atoms with Crippen LogP contribution in [0.4, 0.5) is 4.79 Å². The number of aryl methyl sites for hydroxylation is 1. The van der Waals surface area contributed by atoms with Crippen molar-refractivity contribution in [2.45, 2.75) is 20.0 Å². The lowest BCUT2D eigenvalue weighted by atomic mass is 10.2. The molecule has 0 atom stereocenters. The molecule has 5 nitrogen and oxygen atoms in total. The predicted octanol–water partition coefficient (Wildman–Crippen LogP) is 2.87. The second-order valence-corrected chi connectivity index (χ2v) is 5.20. The van der Waals surface area contributed by atoms with Gasteiger partial charge < -0.3 is 15.6 Å². The van der Waals surface area contributed by atoms with Crippen molar-refractivity contribution in [3.05, 3.63) is 65.5 Å². The monoisotopic (exact) mass is 294 g/mol. The number of carbonyl (C=O) groups excluding carboxylic acids is 1. The highest BCUT2D eigenvalue weighted by Gasteiger charge is 2.03. The Balaban J connectivity index is 1.53. The zero-order chi connectivity index (χ0) is 15.4. The molecule has 0 saturated carbocycles. The summed E-state index contributed by atoms with van der Waals surface area (Å²) in [6, 6.07) is 15.6. The number of urea groups is 1. The average Bonchev–Trinajstić information content (AvgIpc) is 2.91. The van der Waals surface area contributed by atoms with Gasteiger partial charge in [-0.3, -0.25) is 0 Å². The van der Waals surface area contributed by atoms with Crippen LogP contribution in [-0.4, -0.2) is 16.0 Å². The molecule has 2 amide bonds. The maximum Gasteiger partial charge on any atom is 0.315 e. The number of rotatable bonds is 4. The molecule has 1 heterocycles. The maximum absolute atomic E-state index is 11.8. The molecule has 112 valence electrons. The summed E-state index contributed by atoms with van der Waals surface area (Å²) in [4.78, 5) is 19.4. The van der Waals surface area contributed by atoms with Gasteiger partial charge in [0.1, 0.15) is 5.82 Å². The van der Waals surface area contributed by atoms with Crippen LogP contribution in [0.15, 0.2) is 48.5 Å². The van der Waals surface area contributed by atoms with E-state index in [9.17, 15) is 4.79 Å². The smallest absolute Gasteiger partial charge is 0.315 e. The Morgan fingerprint density at radius 1 is 1.05 bits per heavy atom. The van der Waals surface area contributed by atoms with Gasteiger partial charge in [0.15, 0.2) is 0 Å². The molecular weight excluding hydrogens is 276 g/mol. The Hall–Kier alpha value is -2.82. The van der Waals surface area contributed by atoms with E-state index >= 15 is 0 Å². The number of imidazole rings is 1. The number of nitrogens with zero attached hydrogens (tertiary/aromatic N) is 1. The second-order valence-electron chi connectivity index (χ2n) is 5.20. The Morgan fingerprint density at radius 3 is 2.55 bits per heavy atom. The van der Waals surface area contributed by atoms with Crippen LogP contribution in [0.1, 0.15) is 17.0 Å². The average molecular weight is 294 g/mol. The van der Waals surface area contributed by atoms with Gasteiger partial charge in [0.05, 0.1) is 11.0 Å². The van der Waals surface area contributed by atoms with Gasteiger partial charge in [-0.05, 0) is 30.2 Å². The lowest BCUT2D eigenvalue weighted by Gasteiger charge is -2.08. The molecule has 0 fully saturated rings. The van der Waals surface area contributed by atoms with Crippen LogP contribution in [-0.2, 0) is 13.1 Å². The quantitative estimate of drug-likeness (QED) is 0.692. The first-order valence-corrected chi connectivity index (χ1v) is 7.21. The fourth-order valence-corrected chi connectivity index (χ4v) is 2.32. The van der Waals surface area contributed by atoms with Crippen LogP contribution in [0.25, 0.3) is 11.0 Å². The van der Waals surface area contributed by atoms with Crippen LogP contribution in [0, 0.1) is 6.92 Å². The summed E-state index contributed by atoms with van der Waals surface area (Å²) in [6.45, 7) is 2.93. The minimum Gasteiger partial charge on any atom is -0.342 e. The first-order valence-electron chi connectivity index (χ1n) is 7.21. The van der Waals surface area contributed by atoms with Gasteiger partial charge in [-0.25, -0.2) is 9.78 Å². The van der Waals surface area contributed by atoms with Crippen molar-refractivity contribution in [1.29, 1.82) is 0 Å². The summed E-state index contributed by atoms with van der Waals surface area (Å²) in [5.41, 5.74) is 4.04. The summed E-state index contributed by atoms with van der Waals surface area (Å²) in [5.74, 6) is 0.890. The van der Waals surface area contributed by atoms with Crippen molar-refractivity contribution < 1.29 is 4.79 Å². The van der Waals surface area contributed by atoms with E-state index in [1.807, 2.05) is 55.5 Å². The van der Waals surface area contributed by atoms with Crippen molar-refractivity contribution in [3.8, 4) is 0 Å². The summed E-state index contributed by atoms with van der Waals surface area (Å²) in [5, 5.41) is 5.70. The van der Waals surface area contributed by atoms with Crippen LogP contribution in [0.5, 0.6) is 0 Å². The van der Waals surface area contributed by atoms with Gasteiger partial charge in [-0.2, -0.15) is 0 Å². The molecule has 2 aromatic carbocycles. The summed E-state index contributed by atoms with van der Waals surface area (Å²) in [7, 11) is 0. The van der Waals surface area contributed by atoms with Crippen molar-refractivity contribution in [3.63, 3.8) is 0 Å². The second kappa shape index (κ2) is 6.30. The summed E-state index contributed by atoms with van der Waals surface area (Å²) in [6.07, 6.45) is 0. The van der Waals surface area contributed by atoms with Gasteiger partial charge in [-0.15, -0.1) is 0 Å². The van der Waals surface area contributed by atoms with Crippen LogP contribution < -0.4 is 10.6 Å². The molecule has 0 unspecified atom stereocenters. The van der Waals surface area contributed by atoms with E-state index in [1.165, 1.54) is 0 Å². The van der Waals surface area contributed by atoms with E-state index in [0.717, 1.165) is 28.0 Å². The van der Waals surface area contributed by atoms with Gasteiger partial charge in [-0.1, -0.05) is 36.4 Å². The lowest BCUT2D eigenvalue weighted by molar-refractivity contribution is 0.240. The molecule has 0 aliphatic carbocycles. The van der Waals surface area contributed by atoms with E-state index in [4.69, 9.17) is 0 Å². The standard InChI is InChI=1S/C17H18N4O/c1-12-20-15-8-7-14(9-16(15)21-12)11-19-17(22)18-10-13-5-3-2-4-6-13/h2-9H,10-11H2,1H3,(H,20,21)(H2,18,19,22). The van der Waals surface area contributed by atoms with Gasteiger partial charge in [0.2, 0.25) is 0 Å². The molecule has 3 N–H and O–H groups in total. The fraction of sp³-hybridized carbons (Fsp3) is 0.176. The van der Waals surface area contributed by atoms with Crippen molar-refractivity contribution in [2.75, 3.05) is 0 Å². The van der Waals surface area contributed by atoms with E-state index in [0.29, 0.717) is 13.1 Å². The number of hydrogen-bond acceptors (Lipinski definition) is 2. The molecule has 1 aromatic heterocycles. The molecule has 0 saturated heterocycles. The van der Waals surface area contributed by atoms with E-state index in [1.54, 1.807) is 0 Å². The van der Waals surface area contributed by atoms with E-state index in [-0.39, 0.29) is 6.03 Å². The van der Waals surface area contributed by atoms with Crippen molar-refractivity contribution in [1.82, 2.24) is 20.6 Å². The molecule has 5 heteroatoms. The van der Waals surface area contributed by atoms with Crippen molar-refractivity contribution in [2.24, 2.45) is 0 Å². The number of hydrogen-bond donors (Lipinski definition) is 3. The number of amides is 2. The molecule has 3 aromatic rings. The normalized spacial score (nSPS) is 10.6. The van der Waals surface area contributed by atoms with Crippen LogP contribution >= 0.6 is 0 Å². The number of aromatic nitrogens is 2. The van der Waals surface area contributed by atoms with Gasteiger partial charge >= 0.3 is 6.03 Å². The maximum atomic E-state index is 11.8. The molecule has 22 heavy (non-hydrogen) atoms. The summed E-state index contributed by atoms with van der Waals surface area (Å²) >= 11 is 0. The number of benzene rings is 2. The number of carbonyl (C=O) groups is 1. The molecule has 3 rings (SSSR count). The summed E-state index contributed by atoms with van der Waals surface area (Å²) < 4.78 is 0. The number of H-pyrrole nitrogens is 1. The predicted molar refractivity (Wildman–Crippen MR) is 86.3 cm³/mol. The minimum absolute atomic E-state index is 0.176. The molecule has 0 spiro atoms. The molecule has 0 aliphatic rings. The van der Waals surface area contributed by atoms with E-state index in [2.05, 4.69) is 20.6 Å². The lowest BCUT2D eigenvalue weighted by Crippen LogP contribution is -2.34. The van der Waals surface area contributed by atoms with Crippen molar-refractivity contribution >= 4 is 17.1 Å². The Labute approximate surface area is 128 Å². The molecular formula is C17H18N4O. The highest BCUT2D eigenvalue weighted by Crippen LogP contribution is 2.13. The third-order valence-corrected chi connectivity index (χ3v) is 3.41. The zero-order valence-corrected chi connectivity index (χ0v) is 12.4. The third-order valence-electron chi connectivity index (χ3n) is 3.41. The highest BCUT2D eigenvalue weighted by atomic mass is 16.2. The first kappa shape index (κ1) is 14.1. The SMILES string of the molecule is Cc1nc2ccc(CNC(=O)NCc3ccccc3)cc2[nH]1. The molecule has 0 aliphatic heterocycles. The van der Waals surface area contributed by atoms with Crippen LogP contribution in [0.3, 0.4) is 0 Å². The molecule has 0 radical (unpaired) electrons. The number of nitrogens with one attached hydrogen (secondary N) is 3. The Kier molecular flexibility index (Phi) is 4.05. The van der Waals surface area contributed by atoms with Gasteiger partial charge in [0, 0.05) is 13.1 Å². The number of fused-ring (bicyclic) bond motifs is 1. The van der Waals surface area contributed by atoms with Gasteiger partial charge in [0.25, 0.3) is 0 Å². The Morgan fingerprint density at radius 2 is 1.77 bits per heavy atom. The highest BCUT2D eigenvalue weighted by molar-refractivity contribution is 5.76. The van der Waals surface area contributed by atoms with Crippen LogP contribution in [0.2, 0.25) is 0 Å². The first-order chi connectivity index (χ1) is 10.7. The largest absolute Gasteiger partial charge is 0.342 e. The minimum atomic E-state index is -0.176. The fourth-order valence-electron chi connectivity index (χ4n) is 2.32. The zero-order valence-electron chi connectivity index (χ0n) is 12.4. The van der Waals surface area contributed by atoms with E-state index < -0.39 is 0 Å². The molecule has 0 bridgehead atoms. The number of aromatic amines is 1.